The number of piperidine rings is 1. The highest BCUT2D eigenvalue weighted by Gasteiger charge is 2.44. The van der Waals surface area contributed by atoms with Gasteiger partial charge in [-0.2, -0.15) is 0 Å². The van der Waals surface area contributed by atoms with Crippen molar-refractivity contribution in [1.29, 1.82) is 0 Å². The molecule has 0 saturated carbocycles. The molecular weight excluding hydrogens is 492 g/mol. The monoisotopic (exact) mass is 511 g/mol. The summed E-state index contributed by atoms with van der Waals surface area (Å²) in [5.41, 5.74) is 2.20. The molecule has 3 aromatic heterocycles. The number of halogens is 2. The Balaban J connectivity index is 1.37. The van der Waals surface area contributed by atoms with Gasteiger partial charge in [-0.15, -0.1) is 0 Å². The van der Waals surface area contributed by atoms with E-state index in [0.717, 1.165) is 17.8 Å². The maximum Gasteiger partial charge on any atom is 0.357 e. The van der Waals surface area contributed by atoms with Gasteiger partial charge in [0.2, 0.25) is 0 Å². The lowest BCUT2D eigenvalue weighted by Gasteiger charge is -2.33. The number of H-pyrrole nitrogens is 2. The molecule has 6 rings (SSSR count). The van der Waals surface area contributed by atoms with Crippen LogP contribution in [0, 0.1) is 17.6 Å². The molecule has 1 saturated heterocycles. The number of aromatic amines is 2. The Bertz CT molecular complexity index is 1560. The molecule has 5 heterocycles. The Morgan fingerprint density at radius 1 is 1.25 bits per heavy atom. The van der Waals surface area contributed by atoms with E-state index in [2.05, 4.69) is 25.3 Å². The summed E-state index contributed by atoms with van der Waals surface area (Å²) >= 11 is 1.11. The lowest BCUT2D eigenvalue weighted by Crippen LogP contribution is -2.48. The number of hydrogen-bond acceptors (Lipinski definition) is 8. The average molecular weight is 512 g/mol. The van der Waals surface area contributed by atoms with Crippen molar-refractivity contribution in [3.8, 4) is 0 Å². The quantitative estimate of drug-likeness (QED) is 0.345. The number of ether oxygens (including phenoxy) is 1. The van der Waals surface area contributed by atoms with E-state index in [9.17, 15) is 18.4 Å². The van der Waals surface area contributed by atoms with Gasteiger partial charge in [0.05, 0.1) is 36.2 Å². The van der Waals surface area contributed by atoms with Gasteiger partial charge >= 0.3 is 5.97 Å². The van der Waals surface area contributed by atoms with Gasteiger partial charge in [0.25, 0.3) is 0 Å². The first-order valence-corrected chi connectivity index (χ1v) is 12.1. The van der Waals surface area contributed by atoms with Crippen LogP contribution in [-0.2, 0) is 9.53 Å². The summed E-state index contributed by atoms with van der Waals surface area (Å²) in [6.07, 6.45) is 1.66. The van der Waals surface area contributed by atoms with Crippen LogP contribution in [0.4, 0.5) is 14.5 Å². The summed E-state index contributed by atoms with van der Waals surface area (Å²) in [7, 11) is 0. The van der Waals surface area contributed by atoms with Crippen molar-refractivity contribution in [2.45, 2.75) is 23.1 Å². The highest BCUT2D eigenvalue weighted by molar-refractivity contribution is 7.99. The predicted molar refractivity (Wildman–Crippen MR) is 126 cm³/mol. The number of aliphatic imine (C=N–C) groups is 1. The number of esters is 1. The molecule has 36 heavy (non-hydrogen) atoms. The van der Waals surface area contributed by atoms with E-state index in [0.29, 0.717) is 39.5 Å². The van der Waals surface area contributed by atoms with Crippen molar-refractivity contribution in [1.82, 2.24) is 20.3 Å². The molecule has 2 unspecified atom stereocenters. The Morgan fingerprint density at radius 3 is 2.94 bits per heavy atom. The summed E-state index contributed by atoms with van der Waals surface area (Å²) in [5, 5.41) is 3.82. The predicted octanol–water partition coefficient (Wildman–Crippen LogP) is 4.10. The Morgan fingerprint density at radius 2 is 2.11 bits per heavy atom. The number of imidazole rings is 1. The fourth-order valence-electron chi connectivity index (χ4n) is 4.71. The molecule has 9 nitrogen and oxygen atoms in total. The molecule has 4 aromatic rings. The summed E-state index contributed by atoms with van der Waals surface area (Å²) in [4.78, 5) is 40.1. The van der Waals surface area contributed by atoms with Crippen LogP contribution in [0.5, 0.6) is 0 Å². The third-order valence-electron chi connectivity index (χ3n) is 6.19. The van der Waals surface area contributed by atoms with Crippen molar-refractivity contribution < 1.29 is 27.5 Å². The second-order valence-corrected chi connectivity index (χ2v) is 9.39. The topological polar surface area (TPSA) is 125 Å². The first-order chi connectivity index (χ1) is 17.4. The van der Waals surface area contributed by atoms with Gasteiger partial charge < -0.3 is 24.4 Å². The van der Waals surface area contributed by atoms with Crippen LogP contribution >= 0.6 is 11.8 Å². The number of nitrogens with zero attached hydrogens (tertiary/aromatic N) is 2. The van der Waals surface area contributed by atoms with E-state index in [1.807, 2.05) is 0 Å². The number of hydrogen-bond donors (Lipinski definition) is 3. The fourth-order valence-corrected chi connectivity index (χ4v) is 5.48. The summed E-state index contributed by atoms with van der Waals surface area (Å²) in [6.45, 7) is 2.54. The first-order valence-electron chi connectivity index (χ1n) is 11.2. The van der Waals surface area contributed by atoms with Crippen LogP contribution in [0.3, 0.4) is 0 Å². The maximum absolute atomic E-state index is 14.0. The van der Waals surface area contributed by atoms with Gasteiger partial charge in [-0.3, -0.25) is 9.79 Å². The van der Waals surface area contributed by atoms with E-state index < -0.39 is 29.4 Å². The Labute approximate surface area is 206 Å². The number of nitrogens with one attached hydrogen (secondary N) is 3. The van der Waals surface area contributed by atoms with Crippen molar-refractivity contribution in [2.24, 2.45) is 10.9 Å². The van der Waals surface area contributed by atoms with Gasteiger partial charge in [-0.1, -0.05) is 0 Å². The number of Topliss-reactive ketones (excluding diaryl/α,β-unsaturated/α-hetero) is 1. The molecule has 0 radical (unpaired) electrons. The van der Waals surface area contributed by atoms with Gasteiger partial charge in [0.1, 0.15) is 17.1 Å². The lowest BCUT2D eigenvalue weighted by atomic mass is 9.75. The van der Waals surface area contributed by atoms with E-state index in [1.165, 1.54) is 6.07 Å². The minimum absolute atomic E-state index is 0.0302. The summed E-state index contributed by atoms with van der Waals surface area (Å²) in [5.74, 6) is -2.56. The van der Waals surface area contributed by atoms with Crippen molar-refractivity contribution in [3.63, 3.8) is 0 Å². The largest absolute Gasteiger partial charge is 0.461 e. The number of rotatable bonds is 5. The van der Waals surface area contributed by atoms with E-state index >= 15 is 0 Å². The Kier molecular flexibility index (Phi) is 5.49. The van der Waals surface area contributed by atoms with Crippen LogP contribution in [-0.4, -0.2) is 52.1 Å². The molecule has 2 aliphatic heterocycles. The number of fused-ring (bicyclic) bond motifs is 3. The molecular formula is C24H19F2N5O4S. The number of furan rings is 1. The smallest absolute Gasteiger partial charge is 0.357 e. The summed E-state index contributed by atoms with van der Waals surface area (Å²) < 4.78 is 38.9. The number of carbonyl (C=O) groups excluding carboxylic acids is 2. The van der Waals surface area contributed by atoms with Crippen LogP contribution in [0.25, 0.3) is 11.0 Å². The fraction of sp³-hybridized carbons (Fsp3) is 0.250. The van der Waals surface area contributed by atoms with E-state index in [-0.39, 0.29) is 35.7 Å². The second-order valence-electron chi connectivity index (χ2n) is 8.40. The van der Waals surface area contributed by atoms with E-state index in [4.69, 9.17) is 9.15 Å². The molecule has 0 spiro atoms. The number of carbonyl (C=O) groups is 2. The van der Waals surface area contributed by atoms with Crippen LogP contribution in [0.15, 0.2) is 50.1 Å². The second kappa shape index (κ2) is 8.71. The first kappa shape index (κ1) is 22.7. The summed E-state index contributed by atoms with van der Waals surface area (Å²) in [6, 6.07) is 5.43. The molecule has 1 aromatic carbocycles. The average Bonchev–Trinajstić information content (AvgIpc) is 3.56. The molecule has 0 aliphatic carbocycles. The normalized spacial score (nSPS) is 19.2. The third kappa shape index (κ3) is 3.73. The molecule has 12 heteroatoms. The molecule has 3 N–H and O–H groups in total. The molecule has 1 fully saturated rings. The van der Waals surface area contributed by atoms with Gasteiger partial charge in [0, 0.05) is 30.1 Å². The van der Waals surface area contributed by atoms with Crippen LogP contribution in [0.1, 0.15) is 34.7 Å². The molecule has 0 bridgehead atoms. The Hall–Kier alpha value is -3.77. The number of aromatic nitrogens is 3. The van der Waals surface area contributed by atoms with E-state index in [1.54, 1.807) is 25.3 Å². The third-order valence-corrected chi connectivity index (χ3v) is 6.99. The minimum atomic E-state index is -0.760. The SMILES string of the molecule is CCOC(=O)c1[nH]cc2c1N=C1CNCC(=O)C1C2c1ccc(Sc2nc3c(F)cc(F)cc3[nH]2)o1. The molecule has 2 aliphatic rings. The highest BCUT2D eigenvalue weighted by atomic mass is 32.2. The lowest BCUT2D eigenvalue weighted by molar-refractivity contribution is -0.121. The molecule has 0 amide bonds. The number of ketones is 1. The number of benzene rings is 1. The zero-order chi connectivity index (χ0) is 25.0. The zero-order valence-corrected chi connectivity index (χ0v) is 19.7. The van der Waals surface area contributed by atoms with Crippen molar-refractivity contribution in [2.75, 3.05) is 19.7 Å². The molecule has 2 atom stereocenters. The van der Waals surface area contributed by atoms with Crippen molar-refractivity contribution >= 4 is 45.9 Å². The van der Waals surface area contributed by atoms with Crippen LogP contribution in [0.2, 0.25) is 0 Å². The van der Waals surface area contributed by atoms with Crippen LogP contribution < -0.4 is 5.32 Å². The van der Waals surface area contributed by atoms with Gasteiger partial charge in [0.15, 0.2) is 27.5 Å². The zero-order valence-electron chi connectivity index (χ0n) is 18.9. The minimum Gasteiger partial charge on any atom is -0.461 e. The molecule has 184 valence electrons. The van der Waals surface area contributed by atoms with Gasteiger partial charge in [-0.25, -0.2) is 18.6 Å². The highest BCUT2D eigenvalue weighted by Crippen LogP contribution is 2.46. The maximum atomic E-state index is 14.0. The standard InChI is InChI=1S/C24H19F2N5O4S/c1-2-34-23(33)22-20-11(7-28-22)18(19-14(29-20)8-27-9-15(19)32)16-3-4-17(35-16)36-24-30-13-6-10(25)5-12(26)21(13)31-24/h3-7,18-19,27-28H,2,8-9H2,1H3,(H,30,31). The van der Waals surface area contributed by atoms with Crippen molar-refractivity contribution in [3.05, 3.63) is 59.1 Å². The van der Waals surface area contributed by atoms with Gasteiger partial charge in [-0.05, 0) is 36.9 Å².